The summed E-state index contributed by atoms with van der Waals surface area (Å²) in [5.41, 5.74) is 0.276. The van der Waals surface area contributed by atoms with Crippen molar-refractivity contribution in [3.8, 4) is 12.1 Å². The Morgan fingerprint density at radius 2 is 1.47 bits per heavy atom. The van der Waals surface area contributed by atoms with Gasteiger partial charge in [0.25, 0.3) is 0 Å². The van der Waals surface area contributed by atoms with E-state index in [1.54, 1.807) is 0 Å². The number of piperidine rings is 1. The van der Waals surface area contributed by atoms with Crippen LogP contribution in [0.2, 0.25) is 0 Å². The van der Waals surface area contributed by atoms with E-state index in [2.05, 4.69) is 50.6 Å². The smallest absolute Gasteiger partial charge is 0.169 e. The highest BCUT2D eigenvalue weighted by Gasteiger charge is 2.28. The van der Waals surface area contributed by atoms with Crippen LogP contribution in [-0.4, -0.2) is 110 Å². The molecule has 0 bridgehead atoms. The second-order valence-electron chi connectivity index (χ2n) is 9.13. The lowest BCUT2D eigenvalue weighted by molar-refractivity contribution is 0.148. The molecule has 0 aromatic carbocycles. The van der Waals surface area contributed by atoms with E-state index in [1.807, 2.05) is 0 Å². The average molecular weight is 414 g/mol. The van der Waals surface area contributed by atoms with Crippen LogP contribution < -0.4 is 0 Å². The van der Waals surface area contributed by atoms with Gasteiger partial charge in [0.05, 0.1) is 0 Å². The third-order valence-corrected chi connectivity index (χ3v) is 7.00. The predicted molar refractivity (Wildman–Crippen MR) is 119 cm³/mol. The normalized spacial score (nSPS) is 24.1. The number of allylic oxidation sites excluding steroid dienone is 1. The van der Waals surface area contributed by atoms with Gasteiger partial charge in [0.15, 0.2) is 5.57 Å². The van der Waals surface area contributed by atoms with Crippen molar-refractivity contribution in [2.45, 2.75) is 45.1 Å². The van der Waals surface area contributed by atoms with Gasteiger partial charge >= 0.3 is 0 Å². The second kappa shape index (κ2) is 11.6. The summed E-state index contributed by atoms with van der Waals surface area (Å²) < 4.78 is 0. The van der Waals surface area contributed by atoms with Crippen LogP contribution in [-0.2, 0) is 0 Å². The number of hydrogen-bond donors (Lipinski definition) is 0. The summed E-state index contributed by atoms with van der Waals surface area (Å²) in [6.07, 6.45) is 6.15. The van der Waals surface area contributed by atoms with Crippen LogP contribution in [0.5, 0.6) is 0 Å². The van der Waals surface area contributed by atoms with Gasteiger partial charge in [-0.15, -0.1) is 0 Å². The second-order valence-corrected chi connectivity index (χ2v) is 9.13. The van der Waals surface area contributed by atoms with Crippen molar-refractivity contribution >= 4 is 0 Å². The highest BCUT2D eigenvalue weighted by molar-refractivity contribution is 5.40. The summed E-state index contributed by atoms with van der Waals surface area (Å²) >= 11 is 0. The Morgan fingerprint density at radius 1 is 0.833 bits per heavy atom. The van der Waals surface area contributed by atoms with E-state index in [4.69, 9.17) is 0 Å². The van der Waals surface area contributed by atoms with Crippen LogP contribution in [0.3, 0.4) is 0 Å². The Hall–Kier alpha value is -1.80. The molecule has 3 saturated heterocycles. The van der Waals surface area contributed by atoms with Crippen molar-refractivity contribution in [1.82, 2.24) is 24.5 Å². The predicted octanol–water partition coefficient (Wildman–Crippen LogP) is 1.76. The zero-order chi connectivity index (χ0) is 21.3. The monoisotopic (exact) mass is 413 g/mol. The topological polar surface area (TPSA) is 63.8 Å². The minimum Gasteiger partial charge on any atom is -0.355 e. The van der Waals surface area contributed by atoms with Crippen molar-refractivity contribution in [2.24, 2.45) is 0 Å². The molecule has 0 spiro atoms. The zero-order valence-electron chi connectivity index (χ0n) is 19.0. The molecule has 0 radical (unpaired) electrons. The molecule has 1 unspecified atom stereocenters. The first-order valence-electron chi connectivity index (χ1n) is 11.8. The Bertz CT molecular complexity index is 637. The largest absolute Gasteiger partial charge is 0.355 e. The van der Waals surface area contributed by atoms with E-state index in [-0.39, 0.29) is 5.57 Å². The van der Waals surface area contributed by atoms with Gasteiger partial charge in [-0.1, -0.05) is 6.42 Å². The molecule has 3 rings (SSSR count). The highest BCUT2D eigenvalue weighted by atomic mass is 15.4. The molecular weight excluding hydrogens is 374 g/mol. The molecule has 30 heavy (non-hydrogen) atoms. The Morgan fingerprint density at radius 3 is 2.07 bits per heavy atom. The van der Waals surface area contributed by atoms with Crippen molar-refractivity contribution in [3.05, 3.63) is 11.4 Å². The van der Waals surface area contributed by atoms with E-state index in [1.165, 1.54) is 25.8 Å². The lowest BCUT2D eigenvalue weighted by Crippen LogP contribution is -2.45. The van der Waals surface area contributed by atoms with Crippen molar-refractivity contribution in [1.29, 1.82) is 10.5 Å². The molecule has 3 heterocycles. The van der Waals surface area contributed by atoms with Crippen LogP contribution in [0.4, 0.5) is 0 Å². The van der Waals surface area contributed by atoms with Gasteiger partial charge in [-0.25, -0.2) is 0 Å². The molecule has 0 N–H and O–H groups in total. The first-order chi connectivity index (χ1) is 14.6. The molecule has 7 heteroatoms. The van der Waals surface area contributed by atoms with Gasteiger partial charge in [-0.05, 0) is 52.7 Å². The number of hydrogen-bond acceptors (Lipinski definition) is 7. The molecule has 7 nitrogen and oxygen atoms in total. The Labute approximate surface area is 183 Å². The van der Waals surface area contributed by atoms with Crippen LogP contribution in [0.15, 0.2) is 11.4 Å². The number of nitrogens with zero attached hydrogens (tertiary/aromatic N) is 7. The van der Waals surface area contributed by atoms with Gasteiger partial charge in [-0.3, -0.25) is 0 Å². The minimum atomic E-state index is 0.276. The molecule has 0 aliphatic carbocycles. The lowest BCUT2D eigenvalue weighted by Gasteiger charge is -2.34. The van der Waals surface area contributed by atoms with Gasteiger partial charge in [-0.2, -0.15) is 10.5 Å². The van der Waals surface area contributed by atoms with E-state index in [0.29, 0.717) is 6.04 Å². The molecule has 0 amide bonds. The van der Waals surface area contributed by atoms with Crippen molar-refractivity contribution in [2.75, 3.05) is 79.0 Å². The van der Waals surface area contributed by atoms with Crippen LogP contribution in [0.1, 0.15) is 39.0 Å². The number of nitriles is 2. The highest BCUT2D eigenvalue weighted by Crippen LogP contribution is 2.23. The SMILES string of the molecule is CC1CCCCN1CCCN1CCN(CCCN2CCN(C)CC2)C1=C(C#N)C#N. The maximum absolute atomic E-state index is 9.54. The van der Waals surface area contributed by atoms with Gasteiger partial charge in [0, 0.05) is 64.9 Å². The number of piperazine rings is 1. The molecular formula is C23H39N7. The fraction of sp³-hybridized carbons (Fsp3) is 0.826. The standard InChI is InChI=1S/C23H39N7/c1-21-7-3-4-9-28(21)10-6-12-30-18-17-29(23(30)22(19-24)20-25)11-5-8-27-15-13-26(2)14-16-27/h21H,3-18H2,1-2H3. The first-order valence-corrected chi connectivity index (χ1v) is 11.8. The summed E-state index contributed by atoms with van der Waals surface area (Å²) in [6, 6.07) is 5.00. The fourth-order valence-electron chi connectivity index (χ4n) is 5.04. The number of likely N-dealkylation sites (N-methyl/N-ethyl adjacent to an activating group) is 1. The summed E-state index contributed by atoms with van der Waals surface area (Å²) in [6.45, 7) is 14.0. The van der Waals surface area contributed by atoms with E-state index in [0.717, 1.165) is 84.1 Å². The molecule has 0 aromatic rings. The quantitative estimate of drug-likeness (QED) is 0.562. The van der Waals surface area contributed by atoms with Crippen LogP contribution in [0, 0.1) is 22.7 Å². The van der Waals surface area contributed by atoms with Crippen molar-refractivity contribution in [3.63, 3.8) is 0 Å². The lowest BCUT2D eigenvalue weighted by atomic mass is 10.0. The molecule has 3 fully saturated rings. The summed E-state index contributed by atoms with van der Waals surface area (Å²) in [7, 11) is 2.18. The van der Waals surface area contributed by atoms with Gasteiger partial charge in [0.1, 0.15) is 18.0 Å². The fourth-order valence-corrected chi connectivity index (χ4v) is 5.04. The maximum Gasteiger partial charge on any atom is 0.169 e. The molecule has 3 aliphatic rings. The Balaban J connectivity index is 1.50. The minimum absolute atomic E-state index is 0.276. The van der Waals surface area contributed by atoms with E-state index < -0.39 is 0 Å². The summed E-state index contributed by atoms with van der Waals surface area (Å²) in [5, 5.41) is 19.1. The molecule has 0 saturated carbocycles. The number of likely N-dealkylation sites (tertiary alicyclic amines) is 1. The van der Waals surface area contributed by atoms with Gasteiger partial charge in [0.2, 0.25) is 0 Å². The zero-order valence-corrected chi connectivity index (χ0v) is 19.0. The molecule has 1 atom stereocenters. The third-order valence-electron chi connectivity index (χ3n) is 7.00. The van der Waals surface area contributed by atoms with Crippen LogP contribution in [0.25, 0.3) is 0 Å². The van der Waals surface area contributed by atoms with E-state index >= 15 is 0 Å². The average Bonchev–Trinajstić information content (AvgIpc) is 3.15. The third kappa shape index (κ3) is 6.11. The van der Waals surface area contributed by atoms with Crippen molar-refractivity contribution < 1.29 is 0 Å². The van der Waals surface area contributed by atoms with Gasteiger partial charge < -0.3 is 24.5 Å². The maximum atomic E-state index is 9.54. The van der Waals surface area contributed by atoms with Crippen LogP contribution >= 0.6 is 0 Å². The molecule has 3 aliphatic heterocycles. The molecule has 0 aromatic heterocycles. The summed E-state index contributed by atoms with van der Waals surface area (Å²) in [5.74, 6) is 0.880. The summed E-state index contributed by atoms with van der Waals surface area (Å²) in [4.78, 5) is 12.1. The Kier molecular flexibility index (Phi) is 8.81. The number of rotatable bonds is 8. The van der Waals surface area contributed by atoms with E-state index in [9.17, 15) is 10.5 Å². The first kappa shape index (κ1) is 22.9. The molecule has 166 valence electrons.